The molecule has 4 rings (SSSR count). The highest BCUT2D eigenvalue weighted by Crippen LogP contribution is 2.27. The molecule has 0 fully saturated rings. The second-order valence-electron chi connectivity index (χ2n) is 7.78. The summed E-state index contributed by atoms with van der Waals surface area (Å²) in [7, 11) is 3.36. The van der Waals surface area contributed by atoms with Crippen molar-refractivity contribution >= 4 is 5.91 Å². The molecule has 6 nitrogen and oxygen atoms in total. The summed E-state index contributed by atoms with van der Waals surface area (Å²) in [5.41, 5.74) is 4.33. The number of ether oxygens (including phenoxy) is 1. The Labute approximate surface area is 181 Å². The van der Waals surface area contributed by atoms with E-state index in [4.69, 9.17) is 9.84 Å². The molecular formula is C24H27FN4O2. The molecule has 0 N–H and O–H groups in total. The molecule has 0 unspecified atom stereocenters. The van der Waals surface area contributed by atoms with Crippen molar-refractivity contribution in [3.63, 3.8) is 0 Å². The molecular weight excluding hydrogens is 395 g/mol. The Bertz CT molecular complexity index is 1090. The van der Waals surface area contributed by atoms with Crippen molar-refractivity contribution in [3.05, 3.63) is 76.9 Å². The Kier molecular flexibility index (Phi) is 6.04. The fourth-order valence-electron chi connectivity index (χ4n) is 4.03. The van der Waals surface area contributed by atoms with Crippen LogP contribution in [-0.2, 0) is 19.5 Å². The number of carbonyl (C=O) groups excluding carboxylic acids is 1. The predicted octanol–water partition coefficient (Wildman–Crippen LogP) is 3.67. The highest BCUT2D eigenvalue weighted by Gasteiger charge is 2.26. The summed E-state index contributed by atoms with van der Waals surface area (Å²) in [6.45, 7) is 5.17. The van der Waals surface area contributed by atoms with Crippen LogP contribution in [-0.4, -0.2) is 52.7 Å². The van der Waals surface area contributed by atoms with Gasteiger partial charge in [0.1, 0.15) is 11.6 Å². The van der Waals surface area contributed by atoms with Crippen LogP contribution < -0.4 is 4.74 Å². The number of halogens is 1. The molecule has 162 valence electrons. The Morgan fingerprint density at radius 3 is 2.77 bits per heavy atom. The molecule has 31 heavy (non-hydrogen) atoms. The lowest BCUT2D eigenvalue weighted by atomic mass is 10.0. The van der Waals surface area contributed by atoms with Crippen LogP contribution in [0, 0.1) is 5.82 Å². The van der Waals surface area contributed by atoms with E-state index in [1.54, 1.807) is 43.3 Å². The molecule has 1 aliphatic rings. The van der Waals surface area contributed by atoms with Crippen LogP contribution in [0.1, 0.15) is 34.2 Å². The van der Waals surface area contributed by atoms with E-state index in [2.05, 4.69) is 11.8 Å². The first-order valence-corrected chi connectivity index (χ1v) is 10.5. The summed E-state index contributed by atoms with van der Waals surface area (Å²) in [5.74, 6) is 0.251. The number of nitrogens with zero attached hydrogens (tertiary/aromatic N) is 4. The van der Waals surface area contributed by atoms with E-state index in [9.17, 15) is 9.18 Å². The van der Waals surface area contributed by atoms with Crippen molar-refractivity contribution < 1.29 is 13.9 Å². The number of hydrogen-bond acceptors (Lipinski definition) is 4. The van der Waals surface area contributed by atoms with Crippen LogP contribution in [0.2, 0.25) is 0 Å². The van der Waals surface area contributed by atoms with Crippen LogP contribution in [0.15, 0.2) is 48.5 Å². The highest BCUT2D eigenvalue weighted by molar-refractivity contribution is 5.94. The van der Waals surface area contributed by atoms with Gasteiger partial charge in [-0.2, -0.15) is 5.10 Å². The molecule has 0 spiro atoms. The zero-order chi connectivity index (χ0) is 22.0. The minimum absolute atomic E-state index is 0.101. The van der Waals surface area contributed by atoms with Crippen LogP contribution in [0.5, 0.6) is 5.75 Å². The molecule has 7 heteroatoms. The lowest BCUT2D eigenvalue weighted by Crippen LogP contribution is -2.32. The lowest BCUT2D eigenvalue weighted by molar-refractivity contribution is 0.0782. The van der Waals surface area contributed by atoms with Crippen LogP contribution >= 0.6 is 0 Å². The molecule has 0 bridgehead atoms. The second kappa shape index (κ2) is 8.89. The van der Waals surface area contributed by atoms with E-state index in [1.807, 2.05) is 16.8 Å². The number of rotatable bonds is 6. The third-order valence-corrected chi connectivity index (χ3v) is 5.77. The Hall–Kier alpha value is -3.19. The van der Waals surface area contributed by atoms with E-state index >= 15 is 0 Å². The van der Waals surface area contributed by atoms with E-state index in [1.165, 1.54) is 12.1 Å². The molecule has 1 aromatic heterocycles. The summed E-state index contributed by atoms with van der Waals surface area (Å²) in [6.07, 6.45) is 0.834. The summed E-state index contributed by atoms with van der Waals surface area (Å²) < 4.78 is 20.9. The van der Waals surface area contributed by atoms with Gasteiger partial charge < -0.3 is 9.64 Å². The van der Waals surface area contributed by atoms with Gasteiger partial charge in [0.25, 0.3) is 5.91 Å². The Morgan fingerprint density at radius 1 is 1.23 bits per heavy atom. The van der Waals surface area contributed by atoms with Gasteiger partial charge >= 0.3 is 0 Å². The molecule has 1 amide bonds. The van der Waals surface area contributed by atoms with Crippen molar-refractivity contribution in [1.29, 1.82) is 0 Å². The standard InChI is InChI=1S/C24H27FN4O2/c1-4-28-12-11-23-21(15-28)22(26-29(23)19-9-6-8-18(25)14-19)16-27(2)24(30)17-7-5-10-20(13-17)31-3/h5-10,13-14H,4,11-12,15-16H2,1-3H3. The average molecular weight is 423 g/mol. The fraction of sp³-hybridized carbons (Fsp3) is 0.333. The van der Waals surface area contributed by atoms with Crippen molar-refractivity contribution in [2.24, 2.45) is 0 Å². The van der Waals surface area contributed by atoms with Gasteiger partial charge in [0.05, 0.1) is 30.7 Å². The van der Waals surface area contributed by atoms with Gasteiger partial charge in [0.2, 0.25) is 0 Å². The van der Waals surface area contributed by atoms with Crippen molar-refractivity contribution in [2.75, 3.05) is 27.2 Å². The lowest BCUT2D eigenvalue weighted by Gasteiger charge is -2.27. The van der Waals surface area contributed by atoms with E-state index in [-0.39, 0.29) is 11.7 Å². The minimum Gasteiger partial charge on any atom is -0.497 e. The molecule has 0 radical (unpaired) electrons. The SMILES string of the molecule is CCN1CCc2c(c(CN(C)C(=O)c3cccc(OC)c3)nn2-c2cccc(F)c2)C1. The number of methoxy groups -OCH3 is 1. The first-order chi connectivity index (χ1) is 15.0. The van der Waals surface area contributed by atoms with Gasteiger partial charge in [-0.05, 0) is 42.9 Å². The van der Waals surface area contributed by atoms with Gasteiger partial charge in [0, 0.05) is 37.7 Å². The van der Waals surface area contributed by atoms with Crippen molar-refractivity contribution in [1.82, 2.24) is 19.6 Å². The van der Waals surface area contributed by atoms with E-state index < -0.39 is 0 Å². The number of carbonyl (C=O) groups is 1. The quantitative estimate of drug-likeness (QED) is 0.608. The monoisotopic (exact) mass is 422 g/mol. The first kappa shape index (κ1) is 21.1. The number of benzene rings is 2. The van der Waals surface area contributed by atoms with Crippen molar-refractivity contribution in [3.8, 4) is 11.4 Å². The predicted molar refractivity (Wildman–Crippen MR) is 117 cm³/mol. The number of likely N-dealkylation sites (N-methyl/N-ethyl adjacent to an activating group) is 1. The normalized spacial score (nSPS) is 13.7. The highest BCUT2D eigenvalue weighted by atomic mass is 19.1. The minimum atomic E-state index is -0.292. The van der Waals surface area contributed by atoms with E-state index in [0.29, 0.717) is 23.5 Å². The maximum atomic E-state index is 13.9. The van der Waals surface area contributed by atoms with Crippen molar-refractivity contribution in [2.45, 2.75) is 26.4 Å². The van der Waals surface area contributed by atoms with Gasteiger partial charge in [-0.25, -0.2) is 9.07 Å². The van der Waals surface area contributed by atoms with Gasteiger partial charge in [0.15, 0.2) is 0 Å². The zero-order valence-corrected chi connectivity index (χ0v) is 18.1. The van der Waals surface area contributed by atoms with Gasteiger partial charge in [-0.3, -0.25) is 9.69 Å². The maximum Gasteiger partial charge on any atom is 0.254 e. The van der Waals surface area contributed by atoms with E-state index in [0.717, 1.165) is 43.0 Å². The van der Waals surface area contributed by atoms with Crippen LogP contribution in [0.4, 0.5) is 4.39 Å². The topological polar surface area (TPSA) is 50.6 Å². The average Bonchev–Trinajstić information content (AvgIpc) is 3.16. The number of hydrogen-bond donors (Lipinski definition) is 0. The molecule has 3 aromatic rings. The Balaban J connectivity index is 1.66. The third kappa shape index (κ3) is 4.32. The molecule has 2 aromatic carbocycles. The molecule has 0 aliphatic carbocycles. The third-order valence-electron chi connectivity index (χ3n) is 5.77. The molecule has 2 heterocycles. The summed E-state index contributed by atoms with van der Waals surface area (Å²) in [5, 5.41) is 4.83. The summed E-state index contributed by atoms with van der Waals surface area (Å²) >= 11 is 0. The van der Waals surface area contributed by atoms with Crippen LogP contribution in [0.25, 0.3) is 5.69 Å². The zero-order valence-electron chi connectivity index (χ0n) is 18.1. The number of amides is 1. The summed E-state index contributed by atoms with van der Waals surface area (Å²) in [6, 6.07) is 13.6. The summed E-state index contributed by atoms with van der Waals surface area (Å²) in [4.78, 5) is 17.0. The maximum absolute atomic E-state index is 13.9. The molecule has 0 atom stereocenters. The largest absolute Gasteiger partial charge is 0.497 e. The fourth-order valence-corrected chi connectivity index (χ4v) is 4.03. The first-order valence-electron chi connectivity index (χ1n) is 10.5. The van der Waals surface area contributed by atoms with Crippen LogP contribution in [0.3, 0.4) is 0 Å². The molecule has 1 aliphatic heterocycles. The molecule has 0 saturated heterocycles. The van der Waals surface area contributed by atoms with Gasteiger partial charge in [-0.1, -0.05) is 19.1 Å². The smallest absolute Gasteiger partial charge is 0.254 e. The number of aromatic nitrogens is 2. The Morgan fingerprint density at radius 2 is 2.03 bits per heavy atom. The number of fused-ring (bicyclic) bond motifs is 1. The second-order valence-corrected chi connectivity index (χ2v) is 7.78. The molecule has 0 saturated carbocycles. The van der Waals surface area contributed by atoms with Gasteiger partial charge in [-0.15, -0.1) is 0 Å².